The SMILES string of the molecule is CC(C)(N)C(=O)N[C@H](COCc1ccccc1)C(=O)N1CCC(NC(=O)CCc2ccccc2)CC1.Cl. The van der Waals surface area contributed by atoms with Crippen molar-refractivity contribution in [2.24, 2.45) is 5.73 Å². The van der Waals surface area contributed by atoms with Crippen LogP contribution < -0.4 is 16.4 Å². The number of hydrogen-bond acceptors (Lipinski definition) is 5. The number of carbonyl (C=O) groups is 3. The number of likely N-dealkylation sites (tertiary alicyclic amines) is 1. The summed E-state index contributed by atoms with van der Waals surface area (Å²) in [5.41, 5.74) is 6.94. The Bertz CT molecular complexity index is 990. The second kappa shape index (κ2) is 14.7. The summed E-state index contributed by atoms with van der Waals surface area (Å²) in [4.78, 5) is 39.9. The normalized spacial score (nSPS) is 14.8. The number of piperidine rings is 1. The quantitative estimate of drug-likeness (QED) is 0.413. The van der Waals surface area contributed by atoms with Gasteiger partial charge in [-0.05, 0) is 44.2 Å². The number of ether oxygens (including phenoxy) is 1. The Morgan fingerprint density at radius 1 is 1.00 bits per heavy atom. The first-order chi connectivity index (χ1) is 17.2. The van der Waals surface area contributed by atoms with E-state index in [0.717, 1.165) is 11.1 Å². The summed E-state index contributed by atoms with van der Waals surface area (Å²) in [6.45, 7) is 4.58. The molecular formula is C28H39ClN4O4. The van der Waals surface area contributed by atoms with Gasteiger partial charge >= 0.3 is 0 Å². The van der Waals surface area contributed by atoms with Crippen LogP contribution in [0, 0.1) is 0 Å². The van der Waals surface area contributed by atoms with Gasteiger partial charge in [0.1, 0.15) is 6.04 Å². The molecule has 0 aliphatic carbocycles. The van der Waals surface area contributed by atoms with Crippen molar-refractivity contribution in [1.82, 2.24) is 15.5 Å². The Morgan fingerprint density at radius 2 is 1.57 bits per heavy atom. The Kier molecular flexibility index (Phi) is 12.0. The molecule has 8 nitrogen and oxygen atoms in total. The minimum atomic E-state index is -1.12. The lowest BCUT2D eigenvalue weighted by Crippen LogP contribution is -2.59. The van der Waals surface area contributed by atoms with Crippen molar-refractivity contribution in [3.8, 4) is 0 Å². The van der Waals surface area contributed by atoms with Gasteiger partial charge in [0.05, 0.1) is 18.8 Å². The summed E-state index contributed by atoms with van der Waals surface area (Å²) in [5, 5.41) is 5.86. The first kappa shape index (κ1) is 30.3. The molecule has 1 aliphatic heterocycles. The summed E-state index contributed by atoms with van der Waals surface area (Å²) in [6.07, 6.45) is 2.46. The standard InChI is InChI=1S/C28H38N4O4.ClH/c1-28(2,29)27(35)31-24(20-36-19-22-11-7-4-8-12-22)26(34)32-17-15-23(16-18-32)30-25(33)14-13-21-9-5-3-6-10-21;/h3-12,23-24H,13-20,29H2,1-2H3,(H,30,33)(H,31,35);1H/t24-;/m1./s1. The van der Waals surface area contributed by atoms with Gasteiger partial charge in [-0.2, -0.15) is 0 Å². The van der Waals surface area contributed by atoms with Crippen LogP contribution in [-0.2, 0) is 32.1 Å². The van der Waals surface area contributed by atoms with E-state index >= 15 is 0 Å². The van der Waals surface area contributed by atoms with Crippen molar-refractivity contribution < 1.29 is 19.1 Å². The maximum absolute atomic E-state index is 13.3. The van der Waals surface area contributed by atoms with Crippen LogP contribution in [0.1, 0.15) is 44.2 Å². The predicted octanol–water partition coefficient (Wildman–Crippen LogP) is 2.59. The summed E-state index contributed by atoms with van der Waals surface area (Å²) in [6, 6.07) is 18.8. The monoisotopic (exact) mass is 530 g/mol. The number of nitrogens with one attached hydrogen (secondary N) is 2. The molecule has 1 atom stereocenters. The van der Waals surface area contributed by atoms with Crippen LogP contribution in [0.2, 0.25) is 0 Å². The van der Waals surface area contributed by atoms with E-state index in [-0.39, 0.29) is 36.9 Å². The second-order valence-corrected chi connectivity index (χ2v) is 9.90. The molecule has 1 aliphatic rings. The molecular weight excluding hydrogens is 492 g/mol. The van der Waals surface area contributed by atoms with Gasteiger partial charge in [0.2, 0.25) is 17.7 Å². The van der Waals surface area contributed by atoms with Gasteiger partial charge in [0.25, 0.3) is 0 Å². The van der Waals surface area contributed by atoms with Crippen LogP contribution in [0.15, 0.2) is 60.7 Å². The fraction of sp³-hybridized carbons (Fsp3) is 0.464. The molecule has 0 bridgehead atoms. The number of benzene rings is 2. The van der Waals surface area contributed by atoms with E-state index in [1.807, 2.05) is 60.7 Å². The molecule has 37 heavy (non-hydrogen) atoms. The van der Waals surface area contributed by atoms with Crippen LogP contribution in [0.5, 0.6) is 0 Å². The van der Waals surface area contributed by atoms with E-state index in [2.05, 4.69) is 10.6 Å². The third-order valence-electron chi connectivity index (χ3n) is 6.24. The highest BCUT2D eigenvalue weighted by atomic mass is 35.5. The summed E-state index contributed by atoms with van der Waals surface area (Å²) in [5.74, 6) is -0.590. The van der Waals surface area contributed by atoms with Gasteiger partial charge in [0.15, 0.2) is 0 Å². The smallest absolute Gasteiger partial charge is 0.247 e. The van der Waals surface area contributed by atoms with E-state index < -0.39 is 17.5 Å². The molecule has 0 radical (unpaired) electrons. The topological polar surface area (TPSA) is 114 Å². The Hall–Kier alpha value is -2.94. The molecule has 1 saturated heterocycles. The Labute approximate surface area is 225 Å². The zero-order valence-corrected chi connectivity index (χ0v) is 22.5. The van der Waals surface area contributed by atoms with E-state index in [4.69, 9.17) is 10.5 Å². The number of halogens is 1. The molecule has 2 aromatic carbocycles. The molecule has 0 unspecified atom stereocenters. The maximum Gasteiger partial charge on any atom is 0.247 e. The van der Waals surface area contributed by atoms with E-state index in [0.29, 0.717) is 45.4 Å². The molecule has 3 amide bonds. The van der Waals surface area contributed by atoms with Crippen LogP contribution in [0.25, 0.3) is 0 Å². The third kappa shape index (κ3) is 10.1. The first-order valence-electron chi connectivity index (χ1n) is 12.6. The molecule has 0 spiro atoms. The molecule has 0 aromatic heterocycles. The van der Waals surface area contributed by atoms with Crippen LogP contribution in [0.3, 0.4) is 0 Å². The van der Waals surface area contributed by atoms with Crippen molar-refractivity contribution in [3.63, 3.8) is 0 Å². The minimum absolute atomic E-state index is 0. The fourth-order valence-electron chi connectivity index (χ4n) is 4.05. The summed E-state index contributed by atoms with van der Waals surface area (Å²) in [7, 11) is 0. The number of amides is 3. The molecule has 1 fully saturated rings. The van der Waals surface area contributed by atoms with Crippen LogP contribution in [-0.4, -0.2) is 59.9 Å². The number of aryl methyl sites for hydroxylation is 1. The van der Waals surface area contributed by atoms with Crippen molar-refractivity contribution in [1.29, 1.82) is 0 Å². The number of rotatable bonds is 11. The number of nitrogens with two attached hydrogens (primary N) is 1. The zero-order valence-electron chi connectivity index (χ0n) is 21.7. The molecule has 1 heterocycles. The molecule has 9 heteroatoms. The van der Waals surface area contributed by atoms with Gasteiger partial charge in [0, 0.05) is 25.6 Å². The van der Waals surface area contributed by atoms with Gasteiger partial charge in [-0.15, -0.1) is 12.4 Å². The predicted molar refractivity (Wildman–Crippen MR) is 146 cm³/mol. The van der Waals surface area contributed by atoms with Gasteiger partial charge in [-0.25, -0.2) is 0 Å². The summed E-state index contributed by atoms with van der Waals surface area (Å²) >= 11 is 0. The van der Waals surface area contributed by atoms with Crippen molar-refractivity contribution in [2.75, 3.05) is 19.7 Å². The van der Waals surface area contributed by atoms with Crippen molar-refractivity contribution in [2.45, 2.75) is 63.8 Å². The minimum Gasteiger partial charge on any atom is -0.374 e. The third-order valence-corrected chi connectivity index (χ3v) is 6.24. The van der Waals surface area contributed by atoms with Crippen LogP contribution in [0.4, 0.5) is 0 Å². The fourth-order valence-corrected chi connectivity index (χ4v) is 4.05. The second-order valence-electron chi connectivity index (χ2n) is 9.90. The number of carbonyl (C=O) groups excluding carboxylic acids is 3. The highest BCUT2D eigenvalue weighted by Gasteiger charge is 2.32. The zero-order chi connectivity index (χ0) is 26.0. The number of nitrogens with zero attached hydrogens (tertiary/aromatic N) is 1. The van der Waals surface area contributed by atoms with Gasteiger partial charge in [-0.1, -0.05) is 60.7 Å². The molecule has 2 aromatic rings. The molecule has 0 saturated carbocycles. The average molecular weight is 531 g/mol. The maximum atomic E-state index is 13.3. The van der Waals surface area contributed by atoms with Crippen molar-refractivity contribution >= 4 is 30.1 Å². The number of hydrogen-bond donors (Lipinski definition) is 3. The highest BCUT2D eigenvalue weighted by Crippen LogP contribution is 2.14. The Morgan fingerprint density at radius 3 is 2.14 bits per heavy atom. The van der Waals surface area contributed by atoms with E-state index in [1.165, 1.54) is 0 Å². The largest absolute Gasteiger partial charge is 0.374 e. The lowest BCUT2D eigenvalue weighted by molar-refractivity contribution is -0.140. The van der Waals surface area contributed by atoms with Gasteiger partial charge < -0.3 is 26.0 Å². The molecule has 202 valence electrons. The van der Waals surface area contributed by atoms with Crippen molar-refractivity contribution in [3.05, 3.63) is 71.8 Å². The van der Waals surface area contributed by atoms with E-state index in [1.54, 1.807) is 18.7 Å². The van der Waals surface area contributed by atoms with Gasteiger partial charge in [-0.3, -0.25) is 14.4 Å². The highest BCUT2D eigenvalue weighted by molar-refractivity contribution is 5.91. The Balaban J connectivity index is 0.00000481. The average Bonchev–Trinajstić information content (AvgIpc) is 2.87. The van der Waals surface area contributed by atoms with E-state index in [9.17, 15) is 14.4 Å². The van der Waals surface area contributed by atoms with Crippen LogP contribution >= 0.6 is 12.4 Å². The lowest BCUT2D eigenvalue weighted by atomic mass is 10.0. The first-order valence-corrected chi connectivity index (χ1v) is 12.6. The molecule has 3 rings (SSSR count). The summed E-state index contributed by atoms with van der Waals surface area (Å²) < 4.78 is 5.78. The lowest BCUT2D eigenvalue weighted by Gasteiger charge is -2.35. The molecule has 4 N–H and O–H groups in total.